The fourth-order valence-corrected chi connectivity index (χ4v) is 3.93. The molecule has 0 spiro atoms. The van der Waals surface area contributed by atoms with E-state index in [1.165, 1.54) is 0 Å². The molecule has 1 aliphatic heterocycles. The quantitative estimate of drug-likeness (QED) is 0.593. The van der Waals surface area contributed by atoms with Gasteiger partial charge in [0, 0.05) is 0 Å². The number of nitrogens with zero attached hydrogens (tertiary/aromatic N) is 1. The van der Waals surface area contributed by atoms with Crippen molar-refractivity contribution in [3.05, 3.63) is 102 Å². The van der Waals surface area contributed by atoms with Gasteiger partial charge in [-0.3, -0.25) is 4.79 Å². The number of hydrogen-bond acceptors (Lipinski definition) is 4. The summed E-state index contributed by atoms with van der Waals surface area (Å²) in [7, 11) is 3.27. The Bertz CT molecular complexity index is 999. The zero-order chi connectivity index (χ0) is 21.8. The van der Waals surface area contributed by atoms with Crippen LogP contribution in [0.1, 0.15) is 22.7 Å². The van der Waals surface area contributed by atoms with E-state index in [-0.39, 0.29) is 18.0 Å². The van der Waals surface area contributed by atoms with Gasteiger partial charge in [-0.1, -0.05) is 66.7 Å². The molecular formula is C26H26N2O3. The highest BCUT2D eigenvalue weighted by atomic mass is 16.5. The molecule has 5 nitrogen and oxygen atoms in total. The third-order valence-corrected chi connectivity index (χ3v) is 5.66. The van der Waals surface area contributed by atoms with Crippen molar-refractivity contribution in [2.45, 2.75) is 18.1 Å². The first kappa shape index (κ1) is 20.7. The monoisotopic (exact) mass is 414 g/mol. The summed E-state index contributed by atoms with van der Waals surface area (Å²) in [5.41, 5.74) is 9.27. The molecule has 2 atom stereocenters. The van der Waals surface area contributed by atoms with Gasteiger partial charge < -0.3 is 20.1 Å². The van der Waals surface area contributed by atoms with Crippen LogP contribution in [0.3, 0.4) is 0 Å². The Hall–Kier alpha value is -3.57. The van der Waals surface area contributed by atoms with E-state index in [9.17, 15) is 4.79 Å². The predicted molar refractivity (Wildman–Crippen MR) is 122 cm³/mol. The average Bonchev–Trinajstić information content (AvgIpc) is 2.84. The second-order valence-corrected chi connectivity index (χ2v) is 7.48. The van der Waals surface area contributed by atoms with Crippen molar-refractivity contribution in [2.75, 3.05) is 14.2 Å². The summed E-state index contributed by atoms with van der Waals surface area (Å²) < 4.78 is 10.6. The van der Waals surface area contributed by atoms with Crippen LogP contribution < -0.4 is 15.2 Å². The summed E-state index contributed by atoms with van der Waals surface area (Å²) in [6.07, 6.45) is 4.03. The minimum atomic E-state index is -0.557. The summed E-state index contributed by atoms with van der Waals surface area (Å²) >= 11 is 0. The summed E-state index contributed by atoms with van der Waals surface area (Å²) in [5.74, 6) is 1.47. The average molecular weight is 415 g/mol. The molecule has 0 bridgehead atoms. The molecule has 1 fully saturated rings. The van der Waals surface area contributed by atoms with Crippen molar-refractivity contribution in [1.29, 1.82) is 0 Å². The van der Waals surface area contributed by atoms with Gasteiger partial charge in [0.25, 0.3) is 0 Å². The van der Waals surface area contributed by atoms with Gasteiger partial charge in [0.1, 0.15) is 17.5 Å². The van der Waals surface area contributed by atoms with Crippen LogP contribution in [0.25, 0.3) is 6.08 Å². The Morgan fingerprint density at radius 1 is 0.839 bits per heavy atom. The van der Waals surface area contributed by atoms with E-state index in [0.717, 1.165) is 28.2 Å². The molecule has 0 aromatic heterocycles. The topological polar surface area (TPSA) is 64.8 Å². The number of methoxy groups -OCH3 is 2. The van der Waals surface area contributed by atoms with E-state index in [2.05, 4.69) is 0 Å². The lowest BCUT2D eigenvalue weighted by atomic mass is 9.86. The van der Waals surface area contributed by atoms with E-state index in [4.69, 9.17) is 15.2 Å². The largest absolute Gasteiger partial charge is 0.497 e. The van der Waals surface area contributed by atoms with E-state index in [1.807, 2.05) is 95.9 Å². The van der Waals surface area contributed by atoms with Gasteiger partial charge in [-0.15, -0.1) is 0 Å². The van der Waals surface area contributed by atoms with Crippen LogP contribution in [-0.4, -0.2) is 37.1 Å². The molecule has 1 saturated heterocycles. The number of carbonyl (C=O) groups is 1. The van der Waals surface area contributed by atoms with E-state index in [1.54, 1.807) is 14.2 Å². The number of nitrogens with two attached hydrogens (primary N) is 1. The first-order chi connectivity index (χ1) is 15.1. The number of benzene rings is 3. The smallest absolute Gasteiger partial charge is 0.243 e. The Balaban J connectivity index is 1.71. The van der Waals surface area contributed by atoms with Crippen LogP contribution in [0.2, 0.25) is 0 Å². The number of hydrogen-bond donors (Lipinski definition) is 1. The second-order valence-electron chi connectivity index (χ2n) is 7.48. The van der Waals surface area contributed by atoms with Gasteiger partial charge in [0.2, 0.25) is 5.91 Å². The number of ether oxygens (including phenoxy) is 2. The second kappa shape index (κ2) is 9.06. The number of carbonyl (C=O) groups excluding carboxylic acids is 1. The molecule has 1 amide bonds. The maximum atomic E-state index is 12.9. The molecule has 0 radical (unpaired) electrons. The van der Waals surface area contributed by atoms with Gasteiger partial charge in [-0.05, 0) is 41.0 Å². The van der Waals surface area contributed by atoms with Crippen LogP contribution in [0.15, 0.2) is 84.9 Å². The minimum absolute atomic E-state index is 0.0700. The zero-order valence-corrected chi connectivity index (χ0v) is 17.6. The Kier molecular flexibility index (Phi) is 6.05. The molecule has 158 valence electrons. The first-order valence-corrected chi connectivity index (χ1v) is 10.2. The van der Waals surface area contributed by atoms with Crippen molar-refractivity contribution in [3.8, 4) is 11.5 Å². The zero-order valence-electron chi connectivity index (χ0n) is 17.6. The van der Waals surface area contributed by atoms with Crippen molar-refractivity contribution in [3.63, 3.8) is 0 Å². The van der Waals surface area contributed by atoms with Crippen molar-refractivity contribution < 1.29 is 14.3 Å². The highest BCUT2D eigenvalue weighted by Gasteiger charge is 2.47. The number of β-lactam (4-membered cyclic amide) rings is 1. The molecule has 5 heteroatoms. The van der Waals surface area contributed by atoms with Crippen LogP contribution in [0.4, 0.5) is 0 Å². The fraction of sp³-hybridized carbons (Fsp3) is 0.192. The molecule has 31 heavy (non-hydrogen) atoms. The van der Waals surface area contributed by atoms with Crippen molar-refractivity contribution in [1.82, 2.24) is 4.90 Å². The lowest BCUT2D eigenvalue weighted by molar-refractivity contribution is -0.149. The molecule has 1 aliphatic rings. The SMILES string of the molecule is COc1ccc(C(c2ccc(OC)cc2)N2C(=O)C(N)C2C=Cc2ccccc2)cc1. The molecule has 0 aliphatic carbocycles. The minimum Gasteiger partial charge on any atom is -0.497 e. The fourth-order valence-electron chi connectivity index (χ4n) is 3.93. The third kappa shape index (κ3) is 4.18. The van der Waals surface area contributed by atoms with Crippen LogP contribution in [-0.2, 0) is 4.79 Å². The molecular weight excluding hydrogens is 388 g/mol. The van der Waals surface area contributed by atoms with Gasteiger partial charge in [0.15, 0.2) is 0 Å². The third-order valence-electron chi connectivity index (χ3n) is 5.66. The molecule has 1 heterocycles. The highest BCUT2D eigenvalue weighted by molar-refractivity contribution is 5.91. The summed E-state index contributed by atoms with van der Waals surface area (Å²) in [6, 6.07) is 24.6. The molecule has 2 unspecified atom stereocenters. The Morgan fingerprint density at radius 3 is 1.84 bits per heavy atom. The van der Waals surface area contributed by atoms with Crippen LogP contribution in [0.5, 0.6) is 11.5 Å². The summed E-state index contributed by atoms with van der Waals surface area (Å²) in [5, 5.41) is 0. The standard InChI is InChI=1S/C26H26N2O3/c1-30-21-13-9-19(10-14-21)25(20-11-15-22(31-2)16-12-20)28-23(24(27)26(28)29)17-8-18-6-4-3-5-7-18/h3-17,23-25H,27H2,1-2H3. The number of likely N-dealkylation sites (tertiary alicyclic amines) is 1. The summed E-state index contributed by atoms with van der Waals surface area (Å²) in [4.78, 5) is 14.8. The van der Waals surface area contributed by atoms with Crippen LogP contribution in [0, 0.1) is 0 Å². The maximum absolute atomic E-state index is 12.9. The van der Waals surface area contributed by atoms with Gasteiger partial charge in [0.05, 0.1) is 26.3 Å². The summed E-state index contributed by atoms with van der Waals surface area (Å²) in [6.45, 7) is 0. The van der Waals surface area contributed by atoms with Gasteiger partial charge >= 0.3 is 0 Å². The van der Waals surface area contributed by atoms with E-state index < -0.39 is 6.04 Å². The molecule has 3 aromatic carbocycles. The normalized spacial score (nSPS) is 18.3. The Morgan fingerprint density at radius 2 is 1.35 bits per heavy atom. The van der Waals surface area contributed by atoms with E-state index >= 15 is 0 Å². The lowest BCUT2D eigenvalue weighted by Crippen LogP contribution is -2.68. The van der Waals surface area contributed by atoms with Crippen LogP contribution >= 0.6 is 0 Å². The molecule has 4 rings (SSSR count). The highest BCUT2D eigenvalue weighted by Crippen LogP contribution is 2.38. The maximum Gasteiger partial charge on any atom is 0.243 e. The van der Waals surface area contributed by atoms with Crippen molar-refractivity contribution >= 4 is 12.0 Å². The van der Waals surface area contributed by atoms with E-state index in [0.29, 0.717) is 0 Å². The lowest BCUT2D eigenvalue weighted by Gasteiger charge is -2.49. The molecule has 3 aromatic rings. The van der Waals surface area contributed by atoms with Gasteiger partial charge in [-0.2, -0.15) is 0 Å². The predicted octanol–water partition coefficient (Wildman–Crippen LogP) is 4.04. The molecule has 2 N–H and O–H groups in total. The number of rotatable bonds is 7. The Labute approximate surface area is 182 Å². The molecule has 0 saturated carbocycles. The van der Waals surface area contributed by atoms with Crippen molar-refractivity contribution in [2.24, 2.45) is 5.73 Å². The number of amides is 1. The van der Waals surface area contributed by atoms with Gasteiger partial charge in [-0.25, -0.2) is 0 Å². The first-order valence-electron chi connectivity index (χ1n) is 10.2.